The van der Waals surface area contributed by atoms with Crippen LogP contribution >= 0.6 is 11.6 Å². The van der Waals surface area contributed by atoms with E-state index in [-0.39, 0.29) is 5.82 Å². The summed E-state index contributed by atoms with van der Waals surface area (Å²) in [6, 6.07) is 15.0. The summed E-state index contributed by atoms with van der Waals surface area (Å²) in [7, 11) is 0. The zero-order valence-electron chi connectivity index (χ0n) is 14.0. The van der Waals surface area contributed by atoms with Crippen LogP contribution in [0.25, 0.3) is 10.9 Å². The third-order valence-corrected chi connectivity index (χ3v) is 5.29. The van der Waals surface area contributed by atoms with Gasteiger partial charge in [-0.15, -0.1) is 0 Å². The molecular formula is C20H21ClFN3. The second kappa shape index (κ2) is 7.16. The second-order valence-corrected chi connectivity index (χ2v) is 7.02. The minimum absolute atomic E-state index is 0.162. The molecule has 4 rings (SSSR count). The molecule has 1 fully saturated rings. The van der Waals surface area contributed by atoms with Crippen LogP contribution in [0.4, 0.5) is 4.39 Å². The van der Waals surface area contributed by atoms with Crippen LogP contribution in [-0.2, 0) is 13.1 Å². The van der Waals surface area contributed by atoms with Gasteiger partial charge in [0.05, 0.1) is 5.02 Å². The molecule has 0 atom stereocenters. The number of nitrogens with zero attached hydrogens (tertiary/aromatic N) is 2. The number of hydrogen-bond donors (Lipinski definition) is 1. The van der Waals surface area contributed by atoms with Gasteiger partial charge >= 0.3 is 0 Å². The number of fused-ring (bicyclic) bond motifs is 1. The lowest BCUT2D eigenvalue weighted by molar-refractivity contribution is 0.121. The lowest BCUT2D eigenvalue weighted by Gasteiger charge is -2.34. The van der Waals surface area contributed by atoms with E-state index >= 15 is 0 Å². The maximum absolute atomic E-state index is 13.3. The predicted molar refractivity (Wildman–Crippen MR) is 100 cm³/mol. The van der Waals surface area contributed by atoms with Crippen LogP contribution in [0.15, 0.2) is 48.5 Å². The van der Waals surface area contributed by atoms with Crippen LogP contribution < -0.4 is 0 Å². The molecule has 5 heteroatoms. The van der Waals surface area contributed by atoms with Crippen LogP contribution in [-0.4, -0.2) is 41.0 Å². The van der Waals surface area contributed by atoms with Crippen molar-refractivity contribution in [3.8, 4) is 0 Å². The molecule has 0 unspecified atom stereocenters. The number of hydrogen-bond acceptors (Lipinski definition) is 2. The molecule has 2 heterocycles. The molecule has 0 saturated carbocycles. The van der Waals surface area contributed by atoms with Crippen molar-refractivity contribution >= 4 is 22.5 Å². The molecule has 1 aliphatic rings. The molecule has 1 N–H and O–H groups in total. The summed E-state index contributed by atoms with van der Waals surface area (Å²) in [6.45, 7) is 5.57. The molecule has 130 valence electrons. The first-order valence-electron chi connectivity index (χ1n) is 8.63. The molecule has 0 amide bonds. The highest BCUT2D eigenvalue weighted by Crippen LogP contribution is 2.28. The van der Waals surface area contributed by atoms with E-state index < -0.39 is 0 Å². The predicted octanol–water partition coefficient (Wildman–Crippen LogP) is 4.28. The topological polar surface area (TPSA) is 22.3 Å². The van der Waals surface area contributed by atoms with Gasteiger partial charge in [0, 0.05) is 55.9 Å². The summed E-state index contributed by atoms with van der Waals surface area (Å²) in [6.07, 6.45) is 0. The molecular weight excluding hydrogens is 337 g/mol. The summed E-state index contributed by atoms with van der Waals surface area (Å²) < 4.78 is 13.3. The Morgan fingerprint density at radius 1 is 0.920 bits per heavy atom. The number of H-pyrrole nitrogens is 1. The quantitative estimate of drug-likeness (QED) is 0.753. The zero-order chi connectivity index (χ0) is 17.2. The van der Waals surface area contributed by atoms with E-state index in [1.807, 2.05) is 18.2 Å². The van der Waals surface area contributed by atoms with Crippen LogP contribution in [0.3, 0.4) is 0 Å². The Morgan fingerprint density at radius 2 is 1.64 bits per heavy atom. The molecule has 0 radical (unpaired) electrons. The van der Waals surface area contributed by atoms with Crippen molar-refractivity contribution in [2.75, 3.05) is 26.2 Å². The van der Waals surface area contributed by atoms with Gasteiger partial charge in [0.2, 0.25) is 0 Å². The molecule has 0 aliphatic carbocycles. The highest BCUT2D eigenvalue weighted by atomic mass is 35.5. The maximum Gasteiger partial charge on any atom is 0.123 e. The van der Waals surface area contributed by atoms with Gasteiger partial charge in [-0.25, -0.2) is 4.39 Å². The number of aromatic amines is 1. The Labute approximate surface area is 152 Å². The fourth-order valence-electron chi connectivity index (χ4n) is 3.50. The van der Waals surface area contributed by atoms with Crippen molar-refractivity contribution in [3.63, 3.8) is 0 Å². The first-order chi connectivity index (χ1) is 12.2. The molecule has 0 spiro atoms. The zero-order valence-corrected chi connectivity index (χ0v) is 14.8. The van der Waals surface area contributed by atoms with Crippen molar-refractivity contribution in [1.82, 2.24) is 14.8 Å². The van der Waals surface area contributed by atoms with Crippen LogP contribution in [0, 0.1) is 5.82 Å². The van der Waals surface area contributed by atoms with E-state index in [9.17, 15) is 4.39 Å². The largest absolute Gasteiger partial charge is 0.356 e. The molecule has 1 aliphatic heterocycles. The first-order valence-corrected chi connectivity index (χ1v) is 9.01. The number of nitrogens with one attached hydrogen (secondary N) is 1. The number of rotatable bonds is 4. The van der Waals surface area contributed by atoms with Gasteiger partial charge in [-0.05, 0) is 23.8 Å². The Balaban J connectivity index is 1.36. The third kappa shape index (κ3) is 3.71. The van der Waals surface area contributed by atoms with E-state index in [2.05, 4.69) is 26.9 Å². The van der Waals surface area contributed by atoms with E-state index in [1.165, 1.54) is 6.07 Å². The number of halogens is 2. The number of piperazine rings is 1. The smallest absolute Gasteiger partial charge is 0.123 e. The third-order valence-electron chi connectivity index (χ3n) is 4.86. The molecule has 25 heavy (non-hydrogen) atoms. The van der Waals surface area contributed by atoms with Crippen molar-refractivity contribution in [1.29, 1.82) is 0 Å². The fourth-order valence-corrected chi connectivity index (χ4v) is 3.77. The molecule has 1 saturated heterocycles. The molecule has 1 aromatic heterocycles. The minimum atomic E-state index is -0.162. The normalized spacial score (nSPS) is 16.6. The van der Waals surface area contributed by atoms with Crippen molar-refractivity contribution in [2.24, 2.45) is 0 Å². The second-order valence-electron chi connectivity index (χ2n) is 6.65. The van der Waals surface area contributed by atoms with Crippen LogP contribution in [0.5, 0.6) is 0 Å². The summed E-state index contributed by atoms with van der Waals surface area (Å²) in [4.78, 5) is 8.23. The summed E-state index contributed by atoms with van der Waals surface area (Å²) in [5, 5.41) is 1.92. The average molecular weight is 358 g/mol. The fraction of sp³-hybridized carbons (Fsp3) is 0.300. The number of benzene rings is 2. The minimum Gasteiger partial charge on any atom is -0.356 e. The molecule has 3 nitrogen and oxygen atoms in total. The van der Waals surface area contributed by atoms with E-state index in [4.69, 9.17) is 11.6 Å². The van der Waals surface area contributed by atoms with Crippen molar-refractivity contribution in [2.45, 2.75) is 13.1 Å². The Hall–Kier alpha value is -1.88. The lowest BCUT2D eigenvalue weighted by Crippen LogP contribution is -2.45. The van der Waals surface area contributed by atoms with Gasteiger partial charge in [0.15, 0.2) is 0 Å². The van der Waals surface area contributed by atoms with Gasteiger partial charge < -0.3 is 4.98 Å². The van der Waals surface area contributed by atoms with Gasteiger partial charge in [0.25, 0.3) is 0 Å². The van der Waals surface area contributed by atoms with E-state index in [0.29, 0.717) is 0 Å². The van der Waals surface area contributed by atoms with Gasteiger partial charge in [0.1, 0.15) is 5.82 Å². The Kier molecular flexibility index (Phi) is 4.75. The number of aromatic nitrogens is 1. The molecule has 2 aromatic carbocycles. The molecule has 0 bridgehead atoms. The van der Waals surface area contributed by atoms with Crippen LogP contribution in [0.2, 0.25) is 5.02 Å². The lowest BCUT2D eigenvalue weighted by atomic mass is 10.2. The number of para-hydroxylation sites is 1. The summed E-state index contributed by atoms with van der Waals surface area (Å²) in [5.74, 6) is -0.162. The molecule has 3 aromatic rings. The Morgan fingerprint density at radius 3 is 2.36 bits per heavy atom. The average Bonchev–Trinajstić information content (AvgIpc) is 2.93. The van der Waals surface area contributed by atoms with Crippen molar-refractivity contribution in [3.05, 3.63) is 70.6 Å². The van der Waals surface area contributed by atoms with Gasteiger partial charge in [-0.1, -0.05) is 41.9 Å². The van der Waals surface area contributed by atoms with E-state index in [1.54, 1.807) is 12.1 Å². The highest BCUT2D eigenvalue weighted by Gasteiger charge is 2.19. The Bertz CT molecular complexity index is 868. The summed E-state index contributed by atoms with van der Waals surface area (Å²) >= 11 is 6.52. The standard InChI is InChI=1S/C20H21ClFN3/c21-20-17-6-1-2-7-18(17)23-19(20)14-25-10-8-24(9-11-25)13-15-4-3-5-16(22)12-15/h1-7,12,23H,8-11,13-14H2. The van der Waals surface area contributed by atoms with E-state index in [0.717, 1.165) is 66.5 Å². The van der Waals surface area contributed by atoms with Gasteiger partial charge in [-0.2, -0.15) is 0 Å². The first kappa shape index (κ1) is 16.6. The summed E-state index contributed by atoms with van der Waals surface area (Å²) in [5.41, 5.74) is 3.21. The van der Waals surface area contributed by atoms with Crippen molar-refractivity contribution < 1.29 is 4.39 Å². The highest BCUT2D eigenvalue weighted by molar-refractivity contribution is 6.36. The SMILES string of the molecule is Fc1cccc(CN2CCN(Cc3[nH]c4ccccc4c3Cl)CC2)c1. The maximum atomic E-state index is 13.3. The van der Waals surface area contributed by atoms with Crippen LogP contribution in [0.1, 0.15) is 11.3 Å². The monoisotopic (exact) mass is 357 g/mol. The van der Waals surface area contributed by atoms with Gasteiger partial charge in [-0.3, -0.25) is 9.80 Å².